The molecule has 1 aromatic carbocycles. The number of amides is 2. The minimum atomic E-state index is -0.326. The van der Waals surface area contributed by atoms with Gasteiger partial charge in [0.05, 0.1) is 17.9 Å². The van der Waals surface area contributed by atoms with Crippen molar-refractivity contribution < 1.29 is 14.0 Å². The van der Waals surface area contributed by atoms with Crippen LogP contribution in [0.3, 0.4) is 0 Å². The normalized spacial score (nSPS) is 15.0. The molecule has 2 N–H and O–H groups in total. The zero-order valence-corrected chi connectivity index (χ0v) is 18.0. The van der Waals surface area contributed by atoms with E-state index in [-0.39, 0.29) is 30.2 Å². The maximum Gasteiger partial charge on any atom is 0.252 e. The van der Waals surface area contributed by atoms with E-state index < -0.39 is 0 Å². The van der Waals surface area contributed by atoms with Gasteiger partial charge in [0.1, 0.15) is 11.6 Å². The highest BCUT2D eigenvalue weighted by atomic mass is 32.1. The molecule has 0 unspecified atom stereocenters. The number of carbonyl (C=O) groups excluding carboxylic acids is 2. The number of nitrogens with zero attached hydrogens (tertiary/aromatic N) is 3. The summed E-state index contributed by atoms with van der Waals surface area (Å²) in [5.74, 6) is 0.0473. The molecule has 7 nitrogen and oxygen atoms in total. The monoisotopic (exact) mass is 441 g/mol. The molecule has 1 saturated heterocycles. The molecule has 31 heavy (non-hydrogen) atoms. The molecule has 1 aliphatic rings. The number of rotatable bonds is 6. The summed E-state index contributed by atoms with van der Waals surface area (Å²) in [6.07, 6.45) is 1.60. The van der Waals surface area contributed by atoms with Crippen molar-refractivity contribution in [2.24, 2.45) is 0 Å². The first-order chi connectivity index (χ1) is 15.0. The van der Waals surface area contributed by atoms with Gasteiger partial charge in [-0.25, -0.2) is 9.07 Å². The highest BCUT2D eigenvalue weighted by Gasteiger charge is 2.23. The van der Waals surface area contributed by atoms with Gasteiger partial charge in [0, 0.05) is 36.1 Å². The Bertz CT molecular complexity index is 1040. The van der Waals surface area contributed by atoms with Crippen molar-refractivity contribution in [3.8, 4) is 5.69 Å². The van der Waals surface area contributed by atoms with Crippen LogP contribution in [0.1, 0.15) is 28.9 Å². The van der Waals surface area contributed by atoms with Crippen LogP contribution in [-0.2, 0) is 4.79 Å². The molecule has 1 fully saturated rings. The molecule has 0 bridgehead atoms. The topological polar surface area (TPSA) is 79.3 Å². The maximum absolute atomic E-state index is 13.2. The first-order valence-corrected chi connectivity index (χ1v) is 11.1. The van der Waals surface area contributed by atoms with Crippen LogP contribution in [0.15, 0.2) is 47.2 Å². The summed E-state index contributed by atoms with van der Waals surface area (Å²) < 4.78 is 14.8. The molecule has 1 aliphatic heterocycles. The summed E-state index contributed by atoms with van der Waals surface area (Å²) in [5, 5.41) is 14.1. The molecule has 4 rings (SSSR count). The minimum Gasteiger partial charge on any atom is -0.349 e. The van der Waals surface area contributed by atoms with E-state index in [2.05, 4.69) is 20.6 Å². The summed E-state index contributed by atoms with van der Waals surface area (Å²) in [6, 6.07) is 9.68. The average molecular weight is 442 g/mol. The highest BCUT2D eigenvalue weighted by Crippen LogP contribution is 2.18. The second-order valence-corrected chi connectivity index (χ2v) is 8.42. The Labute approximate surface area is 183 Å². The van der Waals surface area contributed by atoms with E-state index in [1.54, 1.807) is 22.9 Å². The maximum atomic E-state index is 13.2. The lowest BCUT2D eigenvalue weighted by Gasteiger charge is -2.31. The molecular formula is C22H24FN5O2S. The summed E-state index contributed by atoms with van der Waals surface area (Å²) in [4.78, 5) is 26.9. The summed E-state index contributed by atoms with van der Waals surface area (Å²) in [6.45, 7) is 3.57. The second-order valence-electron chi connectivity index (χ2n) is 7.64. The van der Waals surface area contributed by atoms with E-state index in [1.165, 1.54) is 23.5 Å². The number of thiophene rings is 1. The SMILES string of the molecule is Cc1cc(NC(=O)CN2CCC(NC(=O)c3ccsc3)CC2)n(-c2ccc(F)cc2)n1. The largest absolute Gasteiger partial charge is 0.349 e. The number of nitrogens with one attached hydrogen (secondary N) is 2. The number of piperidine rings is 1. The van der Waals surface area contributed by atoms with E-state index in [0.717, 1.165) is 31.6 Å². The molecule has 0 aliphatic carbocycles. The van der Waals surface area contributed by atoms with Crippen LogP contribution in [0.4, 0.5) is 10.2 Å². The van der Waals surface area contributed by atoms with Gasteiger partial charge in [0.2, 0.25) is 5.91 Å². The number of benzene rings is 1. The lowest BCUT2D eigenvalue weighted by molar-refractivity contribution is -0.117. The lowest BCUT2D eigenvalue weighted by Crippen LogP contribution is -2.46. The second kappa shape index (κ2) is 9.40. The standard InChI is InChI=1S/C22H24FN5O2S/c1-15-12-20(28(26-15)19-4-2-17(23)3-5-19)25-21(29)13-27-9-6-18(7-10-27)24-22(30)16-8-11-31-14-16/h2-5,8,11-12,14,18H,6-7,9-10,13H2,1H3,(H,24,30)(H,25,29). The molecule has 3 heterocycles. The fourth-order valence-corrected chi connectivity index (χ4v) is 4.29. The Kier molecular flexibility index (Phi) is 6.43. The third kappa shape index (κ3) is 5.36. The van der Waals surface area contributed by atoms with Crippen LogP contribution in [0.25, 0.3) is 5.69 Å². The van der Waals surface area contributed by atoms with E-state index in [4.69, 9.17) is 0 Å². The number of hydrogen-bond acceptors (Lipinski definition) is 5. The number of anilines is 1. The Balaban J connectivity index is 1.29. The number of carbonyl (C=O) groups is 2. The van der Waals surface area contributed by atoms with Gasteiger partial charge in [-0.3, -0.25) is 14.5 Å². The van der Waals surface area contributed by atoms with Crippen molar-refractivity contribution in [2.75, 3.05) is 25.0 Å². The zero-order chi connectivity index (χ0) is 21.8. The Morgan fingerprint density at radius 1 is 1.19 bits per heavy atom. The highest BCUT2D eigenvalue weighted by molar-refractivity contribution is 7.08. The molecule has 9 heteroatoms. The first kappa shape index (κ1) is 21.2. The van der Waals surface area contributed by atoms with Gasteiger partial charge in [-0.05, 0) is 55.5 Å². The van der Waals surface area contributed by atoms with Gasteiger partial charge in [0.15, 0.2) is 0 Å². The molecular weight excluding hydrogens is 417 g/mol. The van der Waals surface area contributed by atoms with Gasteiger partial charge >= 0.3 is 0 Å². The molecule has 0 radical (unpaired) electrons. The fourth-order valence-electron chi connectivity index (χ4n) is 3.65. The van der Waals surface area contributed by atoms with E-state index in [0.29, 0.717) is 17.1 Å². The van der Waals surface area contributed by atoms with Crippen LogP contribution in [0.5, 0.6) is 0 Å². The van der Waals surface area contributed by atoms with E-state index in [9.17, 15) is 14.0 Å². The quantitative estimate of drug-likeness (QED) is 0.616. The van der Waals surface area contributed by atoms with E-state index in [1.807, 2.05) is 23.8 Å². The smallest absolute Gasteiger partial charge is 0.252 e. The molecule has 2 aromatic heterocycles. The van der Waals surface area contributed by atoms with Crippen molar-refractivity contribution >= 4 is 29.0 Å². The Hall–Kier alpha value is -3.04. The predicted octanol–water partition coefficient (Wildman–Crippen LogP) is 3.21. The van der Waals surface area contributed by atoms with Gasteiger partial charge in [-0.2, -0.15) is 16.4 Å². The lowest BCUT2D eigenvalue weighted by atomic mass is 10.0. The molecule has 3 aromatic rings. The number of likely N-dealkylation sites (tertiary alicyclic amines) is 1. The third-order valence-electron chi connectivity index (χ3n) is 5.24. The average Bonchev–Trinajstić information content (AvgIpc) is 3.40. The Morgan fingerprint density at radius 2 is 1.94 bits per heavy atom. The van der Waals surface area contributed by atoms with Crippen molar-refractivity contribution in [2.45, 2.75) is 25.8 Å². The molecule has 2 amide bonds. The van der Waals surface area contributed by atoms with Gasteiger partial charge in [-0.1, -0.05) is 0 Å². The van der Waals surface area contributed by atoms with Crippen LogP contribution >= 0.6 is 11.3 Å². The van der Waals surface area contributed by atoms with Crippen LogP contribution in [0.2, 0.25) is 0 Å². The molecule has 162 valence electrons. The summed E-state index contributed by atoms with van der Waals surface area (Å²) in [5.41, 5.74) is 2.12. The van der Waals surface area contributed by atoms with Crippen molar-refractivity contribution in [3.63, 3.8) is 0 Å². The third-order valence-corrected chi connectivity index (χ3v) is 5.93. The molecule has 0 spiro atoms. The Morgan fingerprint density at radius 3 is 2.61 bits per heavy atom. The van der Waals surface area contributed by atoms with Gasteiger partial charge in [-0.15, -0.1) is 0 Å². The van der Waals surface area contributed by atoms with Crippen molar-refractivity contribution in [1.29, 1.82) is 0 Å². The predicted molar refractivity (Wildman–Crippen MR) is 118 cm³/mol. The van der Waals surface area contributed by atoms with Gasteiger partial charge < -0.3 is 10.6 Å². The van der Waals surface area contributed by atoms with Crippen LogP contribution in [0, 0.1) is 12.7 Å². The summed E-state index contributed by atoms with van der Waals surface area (Å²) >= 11 is 1.50. The summed E-state index contributed by atoms with van der Waals surface area (Å²) in [7, 11) is 0. The number of aryl methyl sites for hydroxylation is 1. The zero-order valence-electron chi connectivity index (χ0n) is 17.2. The fraction of sp³-hybridized carbons (Fsp3) is 0.318. The number of hydrogen-bond donors (Lipinski definition) is 2. The molecule has 0 atom stereocenters. The van der Waals surface area contributed by atoms with Crippen molar-refractivity contribution in [3.05, 3.63) is 64.2 Å². The van der Waals surface area contributed by atoms with Crippen LogP contribution in [-0.4, -0.2) is 52.2 Å². The number of halogens is 1. The minimum absolute atomic E-state index is 0.0399. The van der Waals surface area contributed by atoms with Crippen LogP contribution < -0.4 is 10.6 Å². The molecule has 0 saturated carbocycles. The van der Waals surface area contributed by atoms with E-state index >= 15 is 0 Å². The first-order valence-electron chi connectivity index (χ1n) is 10.2. The van der Waals surface area contributed by atoms with Gasteiger partial charge in [0.25, 0.3) is 5.91 Å². The number of aromatic nitrogens is 2. The van der Waals surface area contributed by atoms with Crippen molar-refractivity contribution in [1.82, 2.24) is 20.0 Å².